The van der Waals surface area contributed by atoms with Gasteiger partial charge >= 0.3 is 0 Å². The SMILES string of the molecule is Cc1cccc(-c2nn(-c3ccc(F)cc3)cc2C(=O)NCCNc2ncccc2C#N)c1. The van der Waals surface area contributed by atoms with Crippen LogP contribution in [0.15, 0.2) is 73.1 Å². The van der Waals surface area contributed by atoms with Gasteiger partial charge in [0, 0.05) is 31.0 Å². The van der Waals surface area contributed by atoms with Crippen LogP contribution in [0.5, 0.6) is 0 Å². The van der Waals surface area contributed by atoms with E-state index in [4.69, 9.17) is 5.26 Å². The van der Waals surface area contributed by atoms with Gasteiger partial charge in [0.25, 0.3) is 5.91 Å². The van der Waals surface area contributed by atoms with E-state index in [1.165, 1.54) is 12.1 Å². The number of amides is 1. The fraction of sp³-hybridized carbons (Fsp3) is 0.120. The first kappa shape index (κ1) is 21.7. The quantitative estimate of drug-likeness (QED) is 0.422. The predicted molar refractivity (Wildman–Crippen MR) is 123 cm³/mol. The molecule has 0 bridgehead atoms. The minimum atomic E-state index is -0.345. The van der Waals surface area contributed by atoms with Crippen LogP contribution < -0.4 is 10.6 Å². The Morgan fingerprint density at radius 3 is 2.70 bits per heavy atom. The van der Waals surface area contributed by atoms with Crippen LogP contribution in [0.25, 0.3) is 16.9 Å². The number of aromatic nitrogens is 3. The maximum Gasteiger partial charge on any atom is 0.255 e. The van der Waals surface area contributed by atoms with Crippen molar-refractivity contribution in [1.82, 2.24) is 20.1 Å². The van der Waals surface area contributed by atoms with Gasteiger partial charge in [0.15, 0.2) is 0 Å². The highest BCUT2D eigenvalue weighted by Crippen LogP contribution is 2.25. The third-order valence-corrected chi connectivity index (χ3v) is 4.97. The Morgan fingerprint density at radius 1 is 1.12 bits per heavy atom. The normalized spacial score (nSPS) is 10.5. The van der Waals surface area contributed by atoms with Gasteiger partial charge in [-0.25, -0.2) is 14.1 Å². The Morgan fingerprint density at radius 2 is 1.94 bits per heavy atom. The second-order valence-corrected chi connectivity index (χ2v) is 7.38. The first-order chi connectivity index (χ1) is 16.0. The molecule has 4 rings (SSSR count). The number of nitriles is 1. The Hall–Kier alpha value is -4.51. The first-order valence-electron chi connectivity index (χ1n) is 10.3. The molecule has 0 fully saturated rings. The highest BCUT2D eigenvalue weighted by atomic mass is 19.1. The van der Waals surface area contributed by atoms with Crippen molar-refractivity contribution in [3.63, 3.8) is 0 Å². The Balaban J connectivity index is 1.54. The molecule has 0 aliphatic heterocycles. The summed E-state index contributed by atoms with van der Waals surface area (Å²) in [6.45, 7) is 2.68. The van der Waals surface area contributed by atoms with E-state index >= 15 is 0 Å². The van der Waals surface area contributed by atoms with E-state index in [9.17, 15) is 9.18 Å². The minimum Gasteiger partial charge on any atom is -0.367 e. The summed E-state index contributed by atoms with van der Waals surface area (Å²) in [6.07, 6.45) is 3.24. The molecular weight excluding hydrogens is 419 g/mol. The van der Waals surface area contributed by atoms with Gasteiger partial charge < -0.3 is 10.6 Å². The molecule has 1 amide bonds. The fourth-order valence-electron chi connectivity index (χ4n) is 3.36. The lowest BCUT2D eigenvalue weighted by molar-refractivity contribution is 0.0956. The molecule has 8 heteroatoms. The average molecular weight is 440 g/mol. The van der Waals surface area contributed by atoms with Crippen molar-refractivity contribution in [2.45, 2.75) is 6.92 Å². The maximum atomic E-state index is 13.3. The topological polar surface area (TPSA) is 95.6 Å². The zero-order valence-electron chi connectivity index (χ0n) is 17.9. The summed E-state index contributed by atoms with van der Waals surface area (Å²) in [6, 6.07) is 19.1. The second kappa shape index (κ2) is 9.75. The minimum absolute atomic E-state index is 0.289. The lowest BCUT2D eigenvalue weighted by atomic mass is 10.1. The van der Waals surface area contributed by atoms with E-state index in [1.807, 2.05) is 31.2 Å². The van der Waals surface area contributed by atoms with Crippen molar-refractivity contribution in [3.05, 3.63) is 95.6 Å². The van der Waals surface area contributed by atoms with Crippen LogP contribution in [0.3, 0.4) is 0 Å². The van der Waals surface area contributed by atoms with Crippen molar-refractivity contribution in [2.24, 2.45) is 0 Å². The molecule has 2 N–H and O–H groups in total. The van der Waals surface area contributed by atoms with Gasteiger partial charge in [0.2, 0.25) is 0 Å². The third-order valence-electron chi connectivity index (χ3n) is 4.97. The van der Waals surface area contributed by atoms with Crippen LogP contribution in [0.1, 0.15) is 21.5 Å². The number of carbonyl (C=O) groups excluding carboxylic acids is 1. The Kier molecular flexibility index (Phi) is 6.41. The highest BCUT2D eigenvalue weighted by molar-refractivity contribution is 6.00. The van der Waals surface area contributed by atoms with Gasteiger partial charge in [0.05, 0.1) is 16.8 Å². The lowest BCUT2D eigenvalue weighted by Crippen LogP contribution is -2.29. The molecule has 7 nitrogen and oxygen atoms in total. The van der Waals surface area contributed by atoms with E-state index in [2.05, 4.69) is 26.8 Å². The van der Waals surface area contributed by atoms with Crippen LogP contribution in [-0.2, 0) is 0 Å². The molecule has 0 saturated heterocycles. The summed E-state index contributed by atoms with van der Waals surface area (Å²) in [5, 5.41) is 19.7. The number of halogens is 1. The molecule has 2 aromatic carbocycles. The van der Waals surface area contributed by atoms with Crippen LogP contribution >= 0.6 is 0 Å². The average Bonchev–Trinajstić information content (AvgIpc) is 3.28. The van der Waals surface area contributed by atoms with Gasteiger partial charge in [-0.3, -0.25) is 4.79 Å². The zero-order valence-corrected chi connectivity index (χ0v) is 17.9. The molecule has 4 aromatic rings. The summed E-state index contributed by atoms with van der Waals surface area (Å²) < 4.78 is 14.9. The lowest BCUT2D eigenvalue weighted by Gasteiger charge is -2.08. The molecular formula is C25H21FN6O. The second-order valence-electron chi connectivity index (χ2n) is 7.38. The van der Waals surface area contributed by atoms with Gasteiger partial charge in [-0.1, -0.05) is 23.8 Å². The summed E-state index contributed by atoms with van der Waals surface area (Å²) in [5.74, 6) is -0.162. The van der Waals surface area contributed by atoms with Crippen LogP contribution in [-0.4, -0.2) is 33.8 Å². The number of anilines is 1. The van der Waals surface area contributed by atoms with Gasteiger partial charge in [-0.15, -0.1) is 0 Å². The zero-order chi connectivity index (χ0) is 23.2. The molecule has 2 heterocycles. The monoisotopic (exact) mass is 440 g/mol. The van der Waals surface area contributed by atoms with Crippen molar-refractivity contribution in [3.8, 4) is 23.0 Å². The van der Waals surface area contributed by atoms with E-state index < -0.39 is 0 Å². The first-order valence-corrected chi connectivity index (χ1v) is 10.3. The summed E-state index contributed by atoms with van der Waals surface area (Å²) in [4.78, 5) is 17.2. The molecule has 0 radical (unpaired) electrons. The maximum absolute atomic E-state index is 13.3. The summed E-state index contributed by atoms with van der Waals surface area (Å²) in [5.41, 5.74) is 3.87. The summed E-state index contributed by atoms with van der Waals surface area (Å²) >= 11 is 0. The fourth-order valence-corrected chi connectivity index (χ4v) is 3.36. The van der Waals surface area contributed by atoms with Gasteiger partial charge in [-0.05, 0) is 49.4 Å². The molecule has 2 aromatic heterocycles. The number of hydrogen-bond donors (Lipinski definition) is 2. The number of nitrogens with zero attached hydrogens (tertiary/aromatic N) is 4. The van der Waals surface area contributed by atoms with Gasteiger partial charge in [0.1, 0.15) is 23.4 Å². The smallest absolute Gasteiger partial charge is 0.255 e. The predicted octanol–water partition coefficient (Wildman–Crippen LogP) is 4.10. The van der Waals surface area contributed by atoms with Gasteiger partial charge in [-0.2, -0.15) is 10.4 Å². The summed E-state index contributed by atoms with van der Waals surface area (Å²) in [7, 11) is 0. The molecule has 0 unspecified atom stereocenters. The van der Waals surface area contributed by atoms with Crippen molar-refractivity contribution in [2.75, 3.05) is 18.4 Å². The molecule has 0 aliphatic rings. The van der Waals surface area contributed by atoms with E-state index in [1.54, 1.807) is 41.3 Å². The Bertz CT molecular complexity index is 1320. The third kappa shape index (κ3) is 5.05. The van der Waals surface area contributed by atoms with E-state index in [-0.39, 0.29) is 11.7 Å². The molecule has 33 heavy (non-hydrogen) atoms. The van der Waals surface area contributed by atoms with Crippen molar-refractivity contribution in [1.29, 1.82) is 5.26 Å². The number of aryl methyl sites for hydroxylation is 1. The van der Waals surface area contributed by atoms with Crippen LogP contribution in [0, 0.1) is 24.1 Å². The molecule has 0 atom stereocenters. The molecule has 0 spiro atoms. The number of pyridine rings is 1. The van der Waals surface area contributed by atoms with E-state index in [0.717, 1.165) is 11.1 Å². The van der Waals surface area contributed by atoms with Crippen LogP contribution in [0.2, 0.25) is 0 Å². The largest absolute Gasteiger partial charge is 0.367 e. The van der Waals surface area contributed by atoms with Crippen LogP contribution in [0.4, 0.5) is 10.2 Å². The number of rotatable bonds is 7. The molecule has 0 saturated carbocycles. The standard InChI is InChI=1S/C25H21FN6O/c1-17-4-2-5-18(14-17)23-22(16-32(31-23)21-9-7-20(26)8-10-21)25(33)30-13-12-29-24-19(15-27)6-3-11-28-24/h2-11,14,16H,12-13H2,1H3,(H,28,29)(H,30,33). The number of carbonyl (C=O) groups is 1. The highest BCUT2D eigenvalue weighted by Gasteiger charge is 2.18. The van der Waals surface area contributed by atoms with Crippen molar-refractivity contribution < 1.29 is 9.18 Å². The Labute approximate surface area is 190 Å². The van der Waals surface area contributed by atoms with Crippen molar-refractivity contribution >= 4 is 11.7 Å². The number of benzene rings is 2. The van der Waals surface area contributed by atoms with E-state index in [0.29, 0.717) is 41.4 Å². The molecule has 0 aliphatic carbocycles. The number of hydrogen-bond acceptors (Lipinski definition) is 5. The molecule has 164 valence electrons. The number of nitrogens with one attached hydrogen (secondary N) is 2.